The van der Waals surface area contributed by atoms with E-state index >= 15 is 0 Å². The second-order valence-electron chi connectivity index (χ2n) is 6.12. The first-order valence-electron chi connectivity index (χ1n) is 7.97. The maximum atomic E-state index is 13.1. The van der Waals surface area contributed by atoms with Gasteiger partial charge in [0, 0.05) is 13.1 Å². The highest BCUT2D eigenvalue weighted by atomic mass is 35.6. The van der Waals surface area contributed by atoms with Gasteiger partial charge in [-0.15, -0.1) is 0 Å². The van der Waals surface area contributed by atoms with Gasteiger partial charge in [-0.1, -0.05) is 59.1 Å². The van der Waals surface area contributed by atoms with E-state index in [2.05, 4.69) is 5.32 Å². The number of nitrogens with zero attached hydrogens (tertiary/aromatic N) is 1. The number of alkyl halides is 6. The fourth-order valence-electron chi connectivity index (χ4n) is 2.98. The van der Waals surface area contributed by atoms with Gasteiger partial charge in [0.25, 0.3) is 9.70 Å². The molecule has 3 rings (SSSR count). The summed E-state index contributed by atoms with van der Waals surface area (Å²) < 4.78 is 37.0. The van der Waals surface area contributed by atoms with Gasteiger partial charge in [0.15, 0.2) is 0 Å². The van der Waals surface area contributed by atoms with Gasteiger partial charge in [0.1, 0.15) is 0 Å². The molecule has 0 aliphatic carbocycles. The first-order chi connectivity index (χ1) is 12.6. The summed E-state index contributed by atoms with van der Waals surface area (Å²) >= 11 is 16.7. The lowest BCUT2D eigenvalue weighted by Gasteiger charge is -2.32. The largest absolute Gasteiger partial charge is 0.416 e. The zero-order chi connectivity index (χ0) is 19.8. The van der Waals surface area contributed by atoms with Crippen LogP contribution in [0.5, 0.6) is 0 Å². The number of amides is 1. The number of rotatable bonds is 2. The van der Waals surface area contributed by atoms with Gasteiger partial charge in [-0.3, -0.25) is 4.79 Å². The van der Waals surface area contributed by atoms with E-state index in [1.165, 1.54) is 11.6 Å². The predicted molar refractivity (Wildman–Crippen MR) is 102 cm³/mol. The van der Waals surface area contributed by atoms with Crippen LogP contribution >= 0.6 is 34.8 Å². The molecule has 0 unspecified atom stereocenters. The van der Waals surface area contributed by atoms with Gasteiger partial charge in [-0.2, -0.15) is 13.2 Å². The van der Waals surface area contributed by atoms with Crippen molar-refractivity contribution in [2.45, 2.75) is 22.9 Å². The van der Waals surface area contributed by atoms with Crippen molar-refractivity contribution < 1.29 is 18.0 Å². The molecular weight excluding hydrogens is 424 g/mol. The molecule has 1 aliphatic rings. The second-order valence-corrected chi connectivity index (χ2v) is 8.40. The van der Waals surface area contributed by atoms with Crippen molar-refractivity contribution in [1.82, 2.24) is 0 Å². The van der Waals surface area contributed by atoms with Gasteiger partial charge in [-0.05, 0) is 35.7 Å². The van der Waals surface area contributed by atoms with E-state index in [1.54, 1.807) is 0 Å². The third-order valence-corrected chi connectivity index (χ3v) is 4.82. The minimum absolute atomic E-state index is 0.0551. The van der Waals surface area contributed by atoms with Crippen molar-refractivity contribution in [2.24, 2.45) is 0 Å². The van der Waals surface area contributed by atoms with E-state index < -0.39 is 21.4 Å². The number of benzene rings is 2. The normalized spacial score (nSPS) is 14.7. The molecular formula is C18H14Cl3F3N2O. The first kappa shape index (κ1) is 20.1. The Morgan fingerprint density at radius 2 is 1.70 bits per heavy atom. The summed E-state index contributed by atoms with van der Waals surface area (Å²) in [6.45, 7) is 1.08. The van der Waals surface area contributed by atoms with Crippen LogP contribution in [0.1, 0.15) is 16.7 Å². The summed E-state index contributed by atoms with van der Waals surface area (Å²) in [7, 11) is 0. The highest BCUT2D eigenvalue weighted by Crippen LogP contribution is 2.38. The summed E-state index contributed by atoms with van der Waals surface area (Å²) in [6, 6.07) is 11.0. The molecule has 0 aromatic heterocycles. The van der Waals surface area contributed by atoms with Crippen LogP contribution in [0.2, 0.25) is 0 Å². The van der Waals surface area contributed by atoms with E-state index in [0.29, 0.717) is 18.8 Å². The second kappa shape index (κ2) is 7.41. The molecule has 1 amide bonds. The lowest BCUT2D eigenvalue weighted by molar-refractivity contribution is -0.137. The van der Waals surface area contributed by atoms with Crippen LogP contribution in [0.4, 0.5) is 24.5 Å². The minimum Gasteiger partial charge on any atom is -0.365 e. The Balaban J connectivity index is 1.98. The average Bonchev–Trinajstić information content (AvgIpc) is 2.59. The molecule has 0 atom stereocenters. The fourth-order valence-corrected chi connectivity index (χ4v) is 3.12. The number of hydrogen-bond acceptors (Lipinski definition) is 2. The molecule has 0 saturated carbocycles. The van der Waals surface area contributed by atoms with Crippen molar-refractivity contribution in [1.29, 1.82) is 0 Å². The van der Waals surface area contributed by atoms with E-state index in [4.69, 9.17) is 34.8 Å². The Kier molecular flexibility index (Phi) is 5.52. The molecule has 0 radical (unpaired) electrons. The Morgan fingerprint density at radius 1 is 1.04 bits per heavy atom. The van der Waals surface area contributed by atoms with Crippen LogP contribution in [0, 0.1) is 0 Å². The number of fused-ring (bicyclic) bond motifs is 1. The van der Waals surface area contributed by atoms with E-state index in [1.807, 2.05) is 29.2 Å². The SMILES string of the molecule is O=C(Nc1cc(C(F)(F)F)ccc1N1CCc2ccccc2C1)C(Cl)(Cl)Cl. The van der Waals surface area contributed by atoms with Crippen molar-refractivity contribution in [3.8, 4) is 0 Å². The molecule has 1 aliphatic heterocycles. The molecule has 1 N–H and O–H groups in total. The Morgan fingerprint density at radius 3 is 2.33 bits per heavy atom. The van der Waals surface area contributed by atoms with Crippen LogP contribution in [0.3, 0.4) is 0 Å². The van der Waals surface area contributed by atoms with Gasteiger partial charge in [-0.25, -0.2) is 0 Å². The predicted octanol–water partition coefficient (Wildman–Crippen LogP) is 5.58. The Bertz CT molecular complexity index is 866. The van der Waals surface area contributed by atoms with E-state index in [9.17, 15) is 18.0 Å². The van der Waals surface area contributed by atoms with E-state index in [0.717, 1.165) is 24.1 Å². The molecule has 3 nitrogen and oxygen atoms in total. The highest BCUT2D eigenvalue weighted by molar-refractivity contribution is 6.76. The molecule has 0 spiro atoms. The van der Waals surface area contributed by atoms with Crippen LogP contribution in [-0.2, 0) is 23.9 Å². The van der Waals surface area contributed by atoms with Crippen LogP contribution in [0.15, 0.2) is 42.5 Å². The zero-order valence-corrected chi connectivity index (χ0v) is 16.1. The van der Waals surface area contributed by atoms with Crippen LogP contribution in [-0.4, -0.2) is 16.2 Å². The monoisotopic (exact) mass is 436 g/mol. The smallest absolute Gasteiger partial charge is 0.365 e. The van der Waals surface area contributed by atoms with Gasteiger partial charge < -0.3 is 10.2 Å². The summed E-state index contributed by atoms with van der Waals surface area (Å²) in [4.78, 5) is 13.9. The maximum absolute atomic E-state index is 13.1. The quantitative estimate of drug-likeness (QED) is 0.622. The number of halogens is 6. The minimum atomic E-state index is -4.56. The van der Waals surface area contributed by atoms with Gasteiger partial charge >= 0.3 is 6.18 Å². The third-order valence-electron chi connectivity index (χ3n) is 4.30. The molecule has 0 saturated heterocycles. The molecule has 2 aromatic carbocycles. The summed E-state index contributed by atoms with van der Waals surface area (Å²) in [5, 5.41) is 2.31. The van der Waals surface area contributed by atoms with Crippen LogP contribution < -0.4 is 10.2 Å². The van der Waals surface area contributed by atoms with Crippen molar-refractivity contribution >= 4 is 52.1 Å². The van der Waals surface area contributed by atoms with Crippen molar-refractivity contribution in [2.75, 3.05) is 16.8 Å². The number of carbonyl (C=O) groups excluding carboxylic acids is 1. The van der Waals surface area contributed by atoms with Crippen molar-refractivity contribution in [3.05, 3.63) is 59.2 Å². The molecule has 27 heavy (non-hydrogen) atoms. The number of carbonyl (C=O) groups is 1. The fraction of sp³-hybridized carbons (Fsp3) is 0.278. The average molecular weight is 438 g/mol. The highest BCUT2D eigenvalue weighted by Gasteiger charge is 2.34. The van der Waals surface area contributed by atoms with Crippen LogP contribution in [0.25, 0.3) is 0 Å². The summed E-state index contributed by atoms with van der Waals surface area (Å²) in [6.07, 6.45) is -3.83. The van der Waals surface area contributed by atoms with E-state index in [-0.39, 0.29) is 5.69 Å². The summed E-state index contributed by atoms with van der Waals surface area (Å²) in [5.74, 6) is -1.02. The molecule has 1 heterocycles. The van der Waals surface area contributed by atoms with Crippen molar-refractivity contribution in [3.63, 3.8) is 0 Å². The van der Waals surface area contributed by atoms with Gasteiger partial charge in [0.2, 0.25) is 0 Å². The molecule has 9 heteroatoms. The molecule has 144 valence electrons. The first-order valence-corrected chi connectivity index (χ1v) is 9.10. The zero-order valence-electron chi connectivity index (χ0n) is 13.8. The number of anilines is 2. The maximum Gasteiger partial charge on any atom is 0.416 e. The third kappa shape index (κ3) is 4.62. The molecule has 2 aromatic rings. The standard InChI is InChI=1S/C18H14Cl3F3N2O/c19-17(20,21)16(27)25-14-9-13(18(22,23)24)5-6-15(14)26-8-7-11-3-1-2-4-12(11)10-26/h1-6,9H,7-8,10H2,(H,25,27). The lowest BCUT2D eigenvalue weighted by Crippen LogP contribution is -2.33. The lowest BCUT2D eigenvalue weighted by atomic mass is 9.99. The number of nitrogens with one attached hydrogen (secondary N) is 1. The summed E-state index contributed by atoms with van der Waals surface area (Å²) in [5.41, 5.74) is 1.73. The Hall–Kier alpha value is -1.63. The Labute approximate surface area is 169 Å². The van der Waals surface area contributed by atoms with Gasteiger partial charge in [0.05, 0.1) is 16.9 Å². The number of hydrogen-bond donors (Lipinski definition) is 1. The molecule has 0 bridgehead atoms. The topological polar surface area (TPSA) is 32.3 Å². The molecule has 0 fully saturated rings.